The summed E-state index contributed by atoms with van der Waals surface area (Å²) in [6.45, 7) is 0. The number of rotatable bonds is 2. The topological polar surface area (TPSA) is 88.8 Å². The van der Waals surface area contributed by atoms with E-state index < -0.39 is 11.3 Å². The van der Waals surface area contributed by atoms with E-state index in [1.54, 1.807) is 24.4 Å². The Bertz CT molecular complexity index is 946. The Kier molecular flexibility index (Phi) is 3.60. The van der Waals surface area contributed by atoms with Crippen LogP contribution < -0.4 is 11.2 Å². The summed E-state index contributed by atoms with van der Waals surface area (Å²) in [7, 11) is 0. The Hall–Kier alpha value is -2.37. The highest BCUT2D eigenvalue weighted by Crippen LogP contribution is 2.30. The lowest BCUT2D eigenvalue weighted by molar-refractivity contribution is 0.0999. The summed E-state index contributed by atoms with van der Waals surface area (Å²) in [5.41, 5.74) is 6.48. The highest BCUT2D eigenvalue weighted by atomic mass is 35.5. The lowest BCUT2D eigenvalue weighted by Gasteiger charge is -2.08. The first-order valence-electron chi connectivity index (χ1n) is 6.23. The number of amides is 1. The predicted molar refractivity (Wildman–Crippen MR) is 86.3 cm³/mol. The third-order valence-corrected chi connectivity index (χ3v) is 3.67. The number of nitrogens with one attached hydrogen (secondary N) is 1. The van der Waals surface area contributed by atoms with E-state index in [1.807, 2.05) is 0 Å². The first-order valence-corrected chi connectivity index (χ1v) is 6.98. The lowest BCUT2D eigenvalue weighted by atomic mass is 10.0. The fourth-order valence-electron chi connectivity index (χ4n) is 2.25. The van der Waals surface area contributed by atoms with E-state index in [0.29, 0.717) is 26.7 Å². The van der Waals surface area contributed by atoms with E-state index in [1.165, 1.54) is 12.4 Å². The average Bonchev–Trinajstić information content (AvgIpc) is 2.45. The number of primary amides is 1. The van der Waals surface area contributed by atoms with E-state index in [-0.39, 0.29) is 10.9 Å². The van der Waals surface area contributed by atoms with Crippen molar-refractivity contribution in [3.8, 4) is 11.1 Å². The van der Waals surface area contributed by atoms with Crippen LogP contribution in [0.2, 0.25) is 10.0 Å². The molecule has 2 aromatic heterocycles. The molecule has 3 aromatic rings. The van der Waals surface area contributed by atoms with Gasteiger partial charge in [0.25, 0.3) is 5.91 Å². The zero-order valence-corrected chi connectivity index (χ0v) is 12.6. The molecule has 1 amide bonds. The molecule has 0 aliphatic heterocycles. The number of benzene rings is 1. The molecule has 0 saturated heterocycles. The molecule has 1 aromatic carbocycles. The molecule has 2 heterocycles. The zero-order chi connectivity index (χ0) is 15.9. The molecule has 0 radical (unpaired) electrons. The number of fused-ring (bicyclic) bond motifs is 1. The summed E-state index contributed by atoms with van der Waals surface area (Å²) < 4.78 is 0. The molecule has 0 aliphatic rings. The molecule has 0 atom stereocenters. The molecular formula is C15H9Cl2N3O2. The van der Waals surface area contributed by atoms with Gasteiger partial charge >= 0.3 is 0 Å². The summed E-state index contributed by atoms with van der Waals surface area (Å²) in [6.07, 6.45) is 4.27. The molecule has 3 rings (SSSR count). The van der Waals surface area contributed by atoms with Gasteiger partial charge in [0.05, 0.1) is 10.9 Å². The summed E-state index contributed by atoms with van der Waals surface area (Å²) in [4.78, 5) is 30.5. The van der Waals surface area contributed by atoms with Crippen LogP contribution in [0.5, 0.6) is 0 Å². The number of aromatic nitrogens is 2. The second-order valence-corrected chi connectivity index (χ2v) is 5.54. The smallest absolute Gasteiger partial charge is 0.254 e. The minimum atomic E-state index is -0.792. The van der Waals surface area contributed by atoms with E-state index in [2.05, 4.69) is 9.97 Å². The first kappa shape index (κ1) is 14.6. The number of nitrogens with two attached hydrogens (primary N) is 1. The molecule has 3 N–H and O–H groups in total. The highest BCUT2D eigenvalue weighted by molar-refractivity contribution is 6.35. The van der Waals surface area contributed by atoms with Crippen LogP contribution in [0.15, 0.2) is 41.6 Å². The van der Waals surface area contributed by atoms with Gasteiger partial charge in [-0.15, -0.1) is 0 Å². The second kappa shape index (κ2) is 5.44. The molecule has 0 aliphatic carbocycles. The van der Waals surface area contributed by atoms with Crippen molar-refractivity contribution in [1.82, 2.24) is 9.97 Å². The molecule has 0 saturated carbocycles. The predicted octanol–water partition coefficient (Wildman–Crippen LogP) is 3.00. The van der Waals surface area contributed by atoms with Gasteiger partial charge in [-0.05, 0) is 23.8 Å². The molecule has 0 unspecified atom stereocenters. The number of aromatic amines is 1. The number of H-pyrrole nitrogens is 1. The van der Waals surface area contributed by atoms with Gasteiger partial charge in [0.15, 0.2) is 0 Å². The van der Waals surface area contributed by atoms with Crippen molar-refractivity contribution in [2.24, 2.45) is 5.73 Å². The van der Waals surface area contributed by atoms with Crippen molar-refractivity contribution in [2.45, 2.75) is 0 Å². The SMILES string of the molecule is NC(=O)c1c[nH]c2c(-c3cc(Cl)cc(Cl)c3)cncc2c1=O. The summed E-state index contributed by atoms with van der Waals surface area (Å²) in [5.74, 6) is -0.792. The molecule has 110 valence electrons. The second-order valence-electron chi connectivity index (χ2n) is 4.66. The number of nitrogens with zero attached hydrogens (tertiary/aromatic N) is 1. The van der Waals surface area contributed by atoms with Crippen molar-refractivity contribution in [1.29, 1.82) is 0 Å². The number of carbonyl (C=O) groups is 1. The summed E-state index contributed by atoms with van der Waals surface area (Å²) in [6, 6.07) is 5.04. The van der Waals surface area contributed by atoms with Gasteiger partial charge in [-0.2, -0.15) is 0 Å². The van der Waals surface area contributed by atoms with Crippen LogP contribution >= 0.6 is 23.2 Å². The number of halogens is 2. The van der Waals surface area contributed by atoms with Crippen molar-refractivity contribution < 1.29 is 4.79 Å². The van der Waals surface area contributed by atoms with Crippen molar-refractivity contribution in [3.05, 3.63) is 62.6 Å². The van der Waals surface area contributed by atoms with Crippen LogP contribution in [-0.2, 0) is 0 Å². The maximum atomic E-state index is 12.3. The Morgan fingerprint density at radius 3 is 2.45 bits per heavy atom. The van der Waals surface area contributed by atoms with Crippen LogP contribution in [0.4, 0.5) is 0 Å². The average molecular weight is 334 g/mol. The lowest BCUT2D eigenvalue weighted by Crippen LogP contribution is -2.22. The van der Waals surface area contributed by atoms with E-state index in [0.717, 1.165) is 0 Å². The zero-order valence-electron chi connectivity index (χ0n) is 11.1. The minimum Gasteiger partial charge on any atom is -0.365 e. The van der Waals surface area contributed by atoms with Crippen LogP contribution in [0.3, 0.4) is 0 Å². The number of carbonyl (C=O) groups excluding carboxylic acids is 1. The van der Waals surface area contributed by atoms with Gasteiger partial charge in [-0.1, -0.05) is 23.2 Å². The van der Waals surface area contributed by atoms with Crippen LogP contribution in [0, 0.1) is 0 Å². The minimum absolute atomic E-state index is 0.115. The fourth-order valence-corrected chi connectivity index (χ4v) is 2.78. The molecule has 0 fully saturated rings. The van der Waals surface area contributed by atoms with Gasteiger partial charge in [-0.25, -0.2) is 0 Å². The van der Waals surface area contributed by atoms with E-state index >= 15 is 0 Å². The highest BCUT2D eigenvalue weighted by Gasteiger charge is 2.13. The summed E-state index contributed by atoms with van der Waals surface area (Å²) >= 11 is 12.0. The Morgan fingerprint density at radius 1 is 1.14 bits per heavy atom. The number of hydrogen-bond acceptors (Lipinski definition) is 3. The summed E-state index contributed by atoms with van der Waals surface area (Å²) in [5, 5.41) is 1.20. The standard InChI is InChI=1S/C15H9Cl2N3O2/c16-8-1-7(2-9(17)3-8)10-4-19-5-11-13(10)20-6-12(14(11)21)15(18)22/h1-6H,(H2,18,22)(H,20,21). The normalized spacial score (nSPS) is 10.8. The van der Waals surface area contributed by atoms with Gasteiger partial charge in [0, 0.05) is 34.2 Å². The van der Waals surface area contributed by atoms with Crippen LogP contribution in [-0.4, -0.2) is 15.9 Å². The van der Waals surface area contributed by atoms with Crippen molar-refractivity contribution in [3.63, 3.8) is 0 Å². The first-order chi connectivity index (χ1) is 10.5. The number of hydrogen-bond donors (Lipinski definition) is 2. The molecule has 5 nitrogen and oxygen atoms in total. The van der Waals surface area contributed by atoms with Gasteiger partial charge in [0.1, 0.15) is 5.56 Å². The van der Waals surface area contributed by atoms with Crippen LogP contribution in [0.1, 0.15) is 10.4 Å². The molecule has 22 heavy (non-hydrogen) atoms. The molecule has 7 heteroatoms. The van der Waals surface area contributed by atoms with Gasteiger partial charge in [-0.3, -0.25) is 14.6 Å². The molecular weight excluding hydrogens is 325 g/mol. The van der Waals surface area contributed by atoms with Crippen LogP contribution in [0.25, 0.3) is 22.0 Å². The van der Waals surface area contributed by atoms with E-state index in [4.69, 9.17) is 28.9 Å². The maximum Gasteiger partial charge on any atom is 0.254 e. The fraction of sp³-hybridized carbons (Fsp3) is 0. The molecule has 0 bridgehead atoms. The monoisotopic (exact) mass is 333 g/mol. The Labute approximate surface area is 134 Å². The molecule has 0 spiro atoms. The largest absolute Gasteiger partial charge is 0.365 e. The Balaban J connectivity index is 2.34. The van der Waals surface area contributed by atoms with Crippen molar-refractivity contribution >= 4 is 40.0 Å². The van der Waals surface area contributed by atoms with Gasteiger partial charge in [0.2, 0.25) is 5.43 Å². The Morgan fingerprint density at radius 2 is 1.82 bits per heavy atom. The van der Waals surface area contributed by atoms with Crippen molar-refractivity contribution in [2.75, 3.05) is 0 Å². The quantitative estimate of drug-likeness (QED) is 0.755. The maximum absolute atomic E-state index is 12.3. The third kappa shape index (κ3) is 2.45. The van der Waals surface area contributed by atoms with Gasteiger partial charge < -0.3 is 10.7 Å². The number of pyridine rings is 2. The third-order valence-electron chi connectivity index (χ3n) is 3.24. The van der Waals surface area contributed by atoms with E-state index in [9.17, 15) is 9.59 Å².